The molecule has 0 fully saturated rings. The molecule has 0 aromatic carbocycles. The minimum atomic E-state index is -0.855. The third-order valence-corrected chi connectivity index (χ3v) is 2.39. The molecule has 0 amide bonds. The number of nitrogens with two attached hydrogens (primary N) is 4. The van der Waals surface area contributed by atoms with Crippen LogP contribution in [0, 0.1) is 5.41 Å². The minimum Gasteiger partial charge on any atom is -0.330 e. The van der Waals surface area contributed by atoms with Crippen LogP contribution in [0.1, 0.15) is 27.2 Å². The molecular weight excluding hydrogens is 152 g/mol. The monoisotopic (exact) mass is 174 g/mol. The maximum Gasteiger partial charge on any atom is 0.0842 e. The summed E-state index contributed by atoms with van der Waals surface area (Å²) in [6.07, 6.45) is 0.657. The van der Waals surface area contributed by atoms with E-state index in [0.717, 1.165) is 0 Å². The van der Waals surface area contributed by atoms with Gasteiger partial charge in [0.15, 0.2) is 0 Å². The number of rotatable bonds is 3. The van der Waals surface area contributed by atoms with Crippen LogP contribution in [-0.4, -0.2) is 18.2 Å². The Labute approximate surface area is 74.7 Å². The van der Waals surface area contributed by atoms with E-state index in [4.69, 9.17) is 22.9 Å². The standard InChI is InChI=1S/C8H22N4/c1-7(2,3)8(11,12)6(10)4-5-9/h6H,4-5,9-12H2,1-3H3. The van der Waals surface area contributed by atoms with E-state index in [1.54, 1.807) is 0 Å². The van der Waals surface area contributed by atoms with Crippen LogP contribution in [0.4, 0.5) is 0 Å². The van der Waals surface area contributed by atoms with Gasteiger partial charge in [0.25, 0.3) is 0 Å². The van der Waals surface area contributed by atoms with Crippen molar-refractivity contribution < 1.29 is 0 Å². The van der Waals surface area contributed by atoms with E-state index in [0.29, 0.717) is 13.0 Å². The van der Waals surface area contributed by atoms with Gasteiger partial charge in [0.1, 0.15) is 0 Å². The Morgan fingerprint density at radius 1 is 1.17 bits per heavy atom. The molecule has 8 N–H and O–H groups in total. The Kier molecular flexibility index (Phi) is 3.65. The molecule has 0 radical (unpaired) electrons. The summed E-state index contributed by atoms with van der Waals surface area (Å²) in [7, 11) is 0. The molecule has 12 heavy (non-hydrogen) atoms. The van der Waals surface area contributed by atoms with Crippen molar-refractivity contribution in [3.63, 3.8) is 0 Å². The molecule has 0 saturated carbocycles. The lowest BCUT2D eigenvalue weighted by atomic mass is 9.76. The van der Waals surface area contributed by atoms with Crippen molar-refractivity contribution >= 4 is 0 Å². The SMILES string of the molecule is CC(C)(C)C(N)(N)C(N)CCN. The fraction of sp³-hybridized carbons (Fsp3) is 1.00. The molecule has 1 unspecified atom stereocenters. The Balaban J connectivity index is 4.38. The van der Waals surface area contributed by atoms with Gasteiger partial charge in [-0.25, -0.2) is 0 Å². The summed E-state index contributed by atoms with van der Waals surface area (Å²) < 4.78 is 0. The first-order valence-electron chi connectivity index (χ1n) is 4.27. The Hall–Kier alpha value is -0.160. The first kappa shape index (κ1) is 11.8. The first-order chi connectivity index (χ1) is 5.23. The van der Waals surface area contributed by atoms with Crippen LogP contribution in [0.15, 0.2) is 0 Å². The lowest BCUT2D eigenvalue weighted by Crippen LogP contribution is -2.69. The second kappa shape index (κ2) is 3.70. The van der Waals surface area contributed by atoms with Gasteiger partial charge in [-0.05, 0) is 18.4 Å². The Morgan fingerprint density at radius 2 is 1.58 bits per heavy atom. The van der Waals surface area contributed by atoms with Crippen molar-refractivity contribution in [1.29, 1.82) is 0 Å². The summed E-state index contributed by atoms with van der Waals surface area (Å²) in [6, 6.07) is -0.248. The largest absolute Gasteiger partial charge is 0.330 e. The molecule has 0 aliphatic rings. The third kappa shape index (κ3) is 2.42. The van der Waals surface area contributed by atoms with Crippen LogP contribution in [-0.2, 0) is 0 Å². The van der Waals surface area contributed by atoms with E-state index in [2.05, 4.69) is 0 Å². The molecule has 0 rings (SSSR count). The topological polar surface area (TPSA) is 104 Å². The molecule has 0 spiro atoms. The number of hydrogen-bond donors (Lipinski definition) is 4. The average Bonchev–Trinajstić information content (AvgIpc) is 1.85. The number of hydrogen-bond acceptors (Lipinski definition) is 4. The third-order valence-electron chi connectivity index (χ3n) is 2.39. The van der Waals surface area contributed by atoms with Crippen molar-refractivity contribution in [3.8, 4) is 0 Å². The van der Waals surface area contributed by atoms with E-state index in [1.165, 1.54) is 0 Å². The normalized spacial score (nSPS) is 16.2. The molecule has 0 aromatic heterocycles. The highest BCUT2D eigenvalue weighted by Gasteiger charge is 2.39. The van der Waals surface area contributed by atoms with Gasteiger partial charge in [0.05, 0.1) is 5.66 Å². The summed E-state index contributed by atoms with van der Waals surface area (Å²) in [5.41, 5.74) is 22.0. The summed E-state index contributed by atoms with van der Waals surface area (Å²) in [5.74, 6) is 0. The Morgan fingerprint density at radius 3 is 1.83 bits per heavy atom. The molecule has 4 heteroatoms. The fourth-order valence-electron chi connectivity index (χ4n) is 0.975. The van der Waals surface area contributed by atoms with Gasteiger partial charge in [-0.1, -0.05) is 20.8 Å². The van der Waals surface area contributed by atoms with Crippen LogP contribution in [0.3, 0.4) is 0 Å². The van der Waals surface area contributed by atoms with E-state index < -0.39 is 5.66 Å². The predicted octanol–water partition coefficient (Wildman–Crippen LogP) is -0.678. The van der Waals surface area contributed by atoms with Crippen LogP contribution in [0.5, 0.6) is 0 Å². The maximum atomic E-state index is 5.92. The molecular formula is C8H22N4. The van der Waals surface area contributed by atoms with E-state index in [9.17, 15) is 0 Å². The minimum absolute atomic E-state index is 0.207. The molecule has 0 aliphatic carbocycles. The highest BCUT2D eigenvalue weighted by atomic mass is 15.0. The lowest BCUT2D eigenvalue weighted by molar-refractivity contribution is 0.154. The fourth-order valence-corrected chi connectivity index (χ4v) is 0.975. The summed E-state index contributed by atoms with van der Waals surface area (Å²) in [6.45, 7) is 6.45. The van der Waals surface area contributed by atoms with Gasteiger partial charge in [0, 0.05) is 6.04 Å². The zero-order valence-corrected chi connectivity index (χ0v) is 8.30. The van der Waals surface area contributed by atoms with Gasteiger partial charge in [-0.15, -0.1) is 0 Å². The first-order valence-corrected chi connectivity index (χ1v) is 4.27. The quantitative estimate of drug-likeness (QED) is 0.426. The van der Waals surface area contributed by atoms with Crippen LogP contribution < -0.4 is 22.9 Å². The van der Waals surface area contributed by atoms with Crippen LogP contribution in [0.2, 0.25) is 0 Å². The van der Waals surface area contributed by atoms with Gasteiger partial charge in [-0.3, -0.25) is 0 Å². The van der Waals surface area contributed by atoms with Crippen LogP contribution in [0.25, 0.3) is 0 Å². The highest BCUT2D eigenvalue weighted by molar-refractivity contribution is 4.97. The highest BCUT2D eigenvalue weighted by Crippen LogP contribution is 2.26. The average molecular weight is 174 g/mol. The summed E-state index contributed by atoms with van der Waals surface area (Å²) >= 11 is 0. The second-order valence-electron chi connectivity index (χ2n) is 4.37. The van der Waals surface area contributed by atoms with E-state index >= 15 is 0 Å². The molecule has 0 heterocycles. The van der Waals surface area contributed by atoms with Gasteiger partial charge >= 0.3 is 0 Å². The van der Waals surface area contributed by atoms with Gasteiger partial charge in [0.2, 0.25) is 0 Å². The predicted molar refractivity (Wildman–Crippen MR) is 52.2 cm³/mol. The van der Waals surface area contributed by atoms with Crippen molar-refractivity contribution in [3.05, 3.63) is 0 Å². The van der Waals surface area contributed by atoms with Crippen molar-refractivity contribution in [2.45, 2.75) is 38.9 Å². The van der Waals surface area contributed by atoms with Crippen molar-refractivity contribution in [2.24, 2.45) is 28.3 Å². The van der Waals surface area contributed by atoms with Crippen LogP contribution >= 0.6 is 0 Å². The molecule has 4 nitrogen and oxygen atoms in total. The van der Waals surface area contributed by atoms with Crippen molar-refractivity contribution in [1.82, 2.24) is 0 Å². The zero-order chi connectivity index (χ0) is 9.99. The summed E-state index contributed by atoms with van der Waals surface area (Å²) in [5, 5.41) is 0. The molecule has 0 aromatic rings. The lowest BCUT2D eigenvalue weighted by Gasteiger charge is -2.42. The molecule has 1 atom stereocenters. The van der Waals surface area contributed by atoms with Gasteiger partial charge in [-0.2, -0.15) is 0 Å². The smallest absolute Gasteiger partial charge is 0.0842 e. The zero-order valence-electron chi connectivity index (χ0n) is 8.30. The van der Waals surface area contributed by atoms with E-state index in [1.807, 2.05) is 20.8 Å². The molecule has 0 saturated heterocycles. The molecule has 0 bridgehead atoms. The molecule has 74 valence electrons. The van der Waals surface area contributed by atoms with Gasteiger partial charge < -0.3 is 22.9 Å². The Bertz CT molecular complexity index is 136. The van der Waals surface area contributed by atoms with E-state index in [-0.39, 0.29) is 11.5 Å². The maximum absolute atomic E-state index is 5.92. The molecule has 0 aliphatic heterocycles. The summed E-state index contributed by atoms with van der Waals surface area (Å²) in [4.78, 5) is 0. The second-order valence-corrected chi connectivity index (χ2v) is 4.37. The van der Waals surface area contributed by atoms with Crippen molar-refractivity contribution in [2.75, 3.05) is 6.54 Å².